The van der Waals surface area contributed by atoms with E-state index in [0.29, 0.717) is 0 Å². The van der Waals surface area contributed by atoms with Crippen molar-refractivity contribution in [1.82, 2.24) is 0 Å². The predicted octanol–water partition coefficient (Wildman–Crippen LogP) is 9.49. The van der Waals surface area contributed by atoms with E-state index >= 15 is 0 Å². The lowest BCUT2D eigenvalue weighted by Gasteiger charge is -2.46. The van der Waals surface area contributed by atoms with Gasteiger partial charge in [0, 0.05) is 45.2 Å². The summed E-state index contributed by atoms with van der Waals surface area (Å²) in [6.07, 6.45) is 0. The quantitative estimate of drug-likeness (QED) is 0.111. The van der Waals surface area contributed by atoms with E-state index in [1.165, 1.54) is 0 Å². The fraction of sp³-hybridized carbons (Fsp3) is 1.00. The van der Waals surface area contributed by atoms with Crippen molar-refractivity contribution in [2.75, 3.05) is 0 Å². The first-order valence-corrected chi connectivity index (χ1v) is 10.1. The maximum Gasteiger partial charge on any atom is 0.387 e. The lowest BCUT2D eigenvalue weighted by molar-refractivity contribution is -0.466. The molecule has 0 spiro atoms. The van der Waals surface area contributed by atoms with Gasteiger partial charge in [0.15, 0.2) is 0 Å². The van der Waals surface area contributed by atoms with Gasteiger partial charge in [-0.25, -0.2) is 4.39 Å². The molecule has 0 rings (SSSR count). The second kappa shape index (κ2) is 9.17. The molecule has 230 valence electrons. The van der Waals surface area contributed by atoms with Gasteiger partial charge in [-0.05, 0) is 6.92 Å². The topological polar surface area (TPSA) is 0 Å². The van der Waals surface area contributed by atoms with Gasteiger partial charge in [0.2, 0.25) is 5.67 Å². The molecule has 0 bridgehead atoms. The van der Waals surface area contributed by atoms with E-state index < -0.39 is 119 Å². The Labute approximate surface area is 219 Å². The summed E-state index contributed by atoms with van der Waals surface area (Å²) in [7, 11) is 0. The van der Waals surface area contributed by atoms with Gasteiger partial charge >= 0.3 is 61.2 Å². The van der Waals surface area contributed by atoms with Crippen molar-refractivity contribution < 1.29 is 101 Å². The molecular formula is C13H3F23I2. The molecule has 0 aliphatic heterocycles. The van der Waals surface area contributed by atoms with Gasteiger partial charge in [-0.1, -0.05) is 0 Å². The van der Waals surface area contributed by atoms with Crippen LogP contribution in [-0.4, -0.2) is 66.8 Å². The zero-order valence-electron chi connectivity index (χ0n) is 16.4. The second-order valence-electron chi connectivity index (χ2n) is 7.17. The molecule has 0 amide bonds. The van der Waals surface area contributed by atoms with Crippen LogP contribution in [0.25, 0.3) is 0 Å². The van der Waals surface area contributed by atoms with Crippen molar-refractivity contribution in [2.24, 2.45) is 0 Å². The SMILES string of the molecule is CC(F)(C(F)(F)C(F)(F)I)C(F)(F)C(F)(F)C(F)(F)C(F)(F)C(F)(F)C(F)(F)C(F)(F)C(F)(F)C(F)(F)I. The van der Waals surface area contributed by atoms with E-state index in [-0.39, 0.29) is 0 Å². The molecule has 0 saturated heterocycles. The molecule has 0 aromatic carbocycles. The van der Waals surface area contributed by atoms with E-state index in [1.807, 2.05) is 0 Å². The highest BCUT2D eigenvalue weighted by Gasteiger charge is 2.98. The summed E-state index contributed by atoms with van der Waals surface area (Å²) in [6.45, 7) is -1.80. The molecule has 1 unspecified atom stereocenters. The summed E-state index contributed by atoms with van der Waals surface area (Å²) in [5.74, 6) is -77.9. The summed E-state index contributed by atoms with van der Waals surface area (Å²) < 4.78 is 294. The Bertz CT molecular complexity index is 803. The van der Waals surface area contributed by atoms with Crippen LogP contribution in [0.4, 0.5) is 101 Å². The zero-order chi connectivity index (χ0) is 32.0. The van der Waals surface area contributed by atoms with Crippen LogP contribution in [0.15, 0.2) is 0 Å². The number of hydrogen-bond donors (Lipinski definition) is 0. The van der Waals surface area contributed by atoms with E-state index in [1.54, 1.807) is 0 Å². The Kier molecular flexibility index (Phi) is 9.14. The normalized spacial score (nSPS) is 18.5. The number of rotatable bonds is 11. The molecule has 0 heterocycles. The summed E-state index contributed by atoms with van der Waals surface area (Å²) >= 11 is -2.15. The molecule has 0 fully saturated rings. The molecule has 0 N–H and O–H groups in total. The van der Waals surface area contributed by atoms with Crippen LogP contribution in [0.1, 0.15) is 6.92 Å². The zero-order valence-corrected chi connectivity index (χ0v) is 20.8. The average Bonchev–Trinajstić information content (AvgIpc) is 2.64. The largest absolute Gasteiger partial charge is 0.387 e. The first-order chi connectivity index (χ1) is 15.8. The van der Waals surface area contributed by atoms with Gasteiger partial charge in [0.25, 0.3) is 0 Å². The van der Waals surface area contributed by atoms with Crippen molar-refractivity contribution in [3.63, 3.8) is 0 Å². The molecule has 1 atom stereocenters. The van der Waals surface area contributed by atoms with Crippen molar-refractivity contribution in [3.8, 4) is 0 Å². The standard InChI is InChI=1S/C13H3F23I2/c1-2(14,4(17,18)12(33,34)37)3(15,16)5(19,20)6(21,22)7(23,24)8(25,26)9(27,28)10(29,30)11(31,32)13(35,36)38/h1H3. The third-order valence-electron chi connectivity index (χ3n) is 4.65. The van der Waals surface area contributed by atoms with E-state index in [0.717, 1.165) is 0 Å². The number of hydrogen-bond acceptors (Lipinski definition) is 0. The average molecular weight is 850 g/mol. The summed E-state index contributed by atoms with van der Waals surface area (Å²) in [5, 5.41) is 0. The van der Waals surface area contributed by atoms with Crippen LogP contribution >= 0.6 is 45.2 Å². The Morgan fingerprint density at radius 3 is 0.605 bits per heavy atom. The third kappa shape index (κ3) is 4.46. The fourth-order valence-electron chi connectivity index (χ4n) is 2.12. The molecule has 0 nitrogen and oxygen atoms in total. The Morgan fingerprint density at radius 1 is 0.263 bits per heavy atom. The van der Waals surface area contributed by atoms with Crippen LogP contribution in [0.5, 0.6) is 0 Å². The minimum Gasteiger partial charge on any atom is -0.230 e. The number of halogens is 25. The van der Waals surface area contributed by atoms with Gasteiger partial charge in [-0.15, -0.1) is 0 Å². The van der Waals surface area contributed by atoms with Crippen LogP contribution in [-0.2, 0) is 0 Å². The molecule has 38 heavy (non-hydrogen) atoms. The molecule has 0 aliphatic rings. The van der Waals surface area contributed by atoms with Gasteiger partial charge in [-0.3, -0.25) is 0 Å². The smallest absolute Gasteiger partial charge is 0.230 e. The highest BCUT2D eigenvalue weighted by atomic mass is 127. The summed E-state index contributed by atoms with van der Waals surface area (Å²) in [4.78, 5) is 0. The summed E-state index contributed by atoms with van der Waals surface area (Å²) in [5.41, 5.74) is -7.19. The van der Waals surface area contributed by atoms with Gasteiger partial charge in [-0.2, -0.15) is 96.6 Å². The first-order valence-electron chi connectivity index (χ1n) is 7.97. The Morgan fingerprint density at radius 2 is 0.421 bits per heavy atom. The highest BCUT2D eigenvalue weighted by molar-refractivity contribution is 14.1. The van der Waals surface area contributed by atoms with Crippen LogP contribution in [0, 0.1) is 0 Å². The molecule has 0 aromatic rings. The van der Waals surface area contributed by atoms with E-state index in [4.69, 9.17) is 0 Å². The fourth-order valence-corrected chi connectivity index (χ4v) is 2.96. The second-order valence-corrected chi connectivity index (χ2v) is 9.88. The number of alkyl halides is 25. The molecule has 0 aliphatic carbocycles. The maximum absolute atomic E-state index is 13.9. The molecule has 0 aromatic heterocycles. The first kappa shape index (κ1) is 37.9. The van der Waals surface area contributed by atoms with Crippen LogP contribution < -0.4 is 0 Å². The maximum atomic E-state index is 13.9. The minimum absolute atomic E-state index is 0.977. The van der Waals surface area contributed by atoms with Crippen molar-refractivity contribution >= 4 is 45.2 Å². The lowest BCUT2D eigenvalue weighted by atomic mass is 9.81. The molecule has 25 heteroatoms. The molecular weight excluding hydrogens is 847 g/mol. The van der Waals surface area contributed by atoms with Gasteiger partial charge in [0.05, 0.1) is 0 Å². The third-order valence-corrected chi connectivity index (χ3v) is 6.01. The summed E-state index contributed by atoms with van der Waals surface area (Å²) in [6, 6.07) is 0. The van der Waals surface area contributed by atoms with E-state index in [2.05, 4.69) is 0 Å². The lowest BCUT2D eigenvalue weighted by Crippen LogP contribution is -2.78. The van der Waals surface area contributed by atoms with Crippen LogP contribution in [0.2, 0.25) is 0 Å². The Hall–Kier alpha value is -0.150. The van der Waals surface area contributed by atoms with Gasteiger partial charge < -0.3 is 0 Å². The Balaban J connectivity index is 7.29. The van der Waals surface area contributed by atoms with E-state index in [9.17, 15) is 101 Å². The highest BCUT2D eigenvalue weighted by Crippen LogP contribution is 2.67. The van der Waals surface area contributed by atoms with Crippen molar-refractivity contribution in [2.45, 2.75) is 73.8 Å². The molecule has 0 saturated carbocycles. The predicted molar refractivity (Wildman–Crippen MR) is 92.0 cm³/mol. The monoisotopic (exact) mass is 850 g/mol. The minimum atomic E-state index is -9.27. The van der Waals surface area contributed by atoms with Crippen molar-refractivity contribution in [3.05, 3.63) is 0 Å². The van der Waals surface area contributed by atoms with Gasteiger partial charge in [0.1, 0.15) is 0 Å². The molecule has 0 radical (unpaired) electrons. The van der Waals surface area contributed by atoms with Crippen molar-refractivity contribution in [1.29, 1.82) is 0 Å². The van der Waals surface area contributed by atoms with Crippen LogP contribution in [0.3, 0.4) is 0 Å².